The first-order chi connectivity index (χ1) is 70.0. The summed E-state index contributed by atoms with van der Waals surface area (Å²) in [5.74, 6) is 13.8. The molecule has 0 unspecified atom stereocenters. The van der Waals surface area contributed by atoms with E-state index >= 15 is 0 Å². The van der Waals surface area contributed by atoms with Gasteiger partial charge in [-0.2, -0.15) is 88.0 Å². The average molecular weight is 2060 g/mol. The van der Waals surface area contributed by atoms with Crippen molar-refractivity contribution in [1.29, 1.82) is 10.5 Å². The molecule has 4 saturated heterocycles. The van der Waals surface area contributed by atoms with Gasteiger partial charge in [-0.05, 0) is 69.5 Å². The topological polar surface area (TPSA) is 494 Å². The van der Waals surface area contributed by atoms with Crippen molar-refractivity contribution in [3.8, 4) is 59.5 Å². The van der Waals surface area contributed by atoms with Gasteiger partial charge in [-0.15, -0.1) is 23.7 Å². The monoisotopic (exact) mass is 2060 g/mol. The number of hydrogen-bond donors (Lipinski definition) is 8. The highest BCUT2D eigenvalue weighted by molar-refractivity contribution is 5.85. The number of hydrogen-bond acceptors (Lipinski definition) is 28. The normalized spacial score (nSPS) is 13.4. The maximum atomic E-state index is 14.3. The number of nitriles is 2. The summed E-state index contributed by atoms with van der Waals surface area (Å²) in [7, 11) is 0. The quantitative estimate of drug-likeness (QED) is 0.0276. The number of nitrogens with one attached hydrogen (secondary N) is 4. The molecule has 17 rings (SSSR count). The van der Waals surface area contributed by atoms with Gasteiger partial charge < -0.3 is 61.3 Å². The molecule has 4 aliphatic heterocycles. The minimum atomic E-state index is -5.08. The average Bonchev–Trinajstić information content (AvgIpc) is 1.63. The van der Waals surface area contributed by atoms with Crippen LogP contribution in [-0.4, -0.2) is 261 Å². The highest BCUT2D eigenvalue weighted by Gasteiger charge is 2.41. The van der Waals surface area contributed by atoms with E-state index in [2.05, 4.69) is 134 Å². The summed E-state index contributed by atoms with van der Waals surface area (Å²) in [6.07, 6.45) is -10.9. The Morgan fingerprint density at radius 1 is 0.381 bits per heavy atom. The number of fused-ring (bicyclic) bond motifs is 5. The van der Waals surface area contributed by atoms with Gasteiger partial charge in [0.1, 0.15) is 55.8 Å². The Morgan fingerprint density at radius 3 is 1.03 bits per heavy atom. The van der Waals surface area contributed by atoms with E-state index in [1.807, 2.05) is 56.2 Å². The Kier molecular flexibility index (Phi) is 38.8. The number of piperazine rings is 4. The van der Waals surface area contributed by atoms with E-state index in [1.165, 1.54) is 67.6 Å². The zero-order valence-corrected chi connectivity index (χ0v) is 77.9. The Balaban J connectivity index is 0.000000184. The third kappa shape index (κ3) is 29.3. The van der Waals surface area contributed by atoms with Crippen LogP contribution >= 0.6 is 0 Å². The van der Waals surface area contributed by atoms with Crippen molar-refractivity contribution in [2.24, 2.45) is 0 Å². The lowest BCUT2D eigenvalue weighted by Crippen LogP contribution is -2.44. The molecule has 0 radical (unpaired) electrons. The van der Waals surface area contributed by atoms with Crippen LogP contribution in [0.4, 0.5) is 89.6 Å². The second-order valence-corrected chi connectivity index (χ2v) is 31.0. The molecule has 0 aliphatic carbocycles. The molecule has 3 aromatic carbocycles. The van der Waals surface area contributed by atoms with Crippen molar-refractivity contribution in [2.75, 3.05) is 124 Å². The summed E-state index contributed by atoms with van der Waals surface area (Å²) in [6.45, 7) is 21.7. The van der Waals surface area contributed by atoms with E-state index in [-0.39, 0.29) is 58.6 Å². The summed E-state index contributed by atoms with van der Waals surface area (Å²) in [6, 6.07) is 25.5. The SMILES string of the molecule is CC#CCn1c(N2CCNCC2)nc2cnn(Cc3c(F)cccc3C#N)c(=O)c21.CC#CCn1c(N2CCNCC2)nc2cnn(Cc3ccc(C#N)cc3F)c(=O)c21.CC#CCn1c(N2CCNCC2)nc2cnn(Cc3cccnc3F)c(=O)c21.CC#CCn1c(N2CCNCC2)nc2cnn(Cc3nccc4ccccc34)c(=O)c21.O=C(O)C(F)(F)F.O=C(O)C(F)(F)F.O=C(O)C(F)(F)F.O=C(O)C(F)(F)F. The van der Waals surface area contributed by atoms with Crippen LogP contribution in [0.3, 0.4) is 0 Å². The lowest BCUT2D eigenvalue weighted by atomic mass is 10.1. The van der Waals surface area contributed by atoms with E-state index in [0.29, 0.717) is 100 Å². The first-order valence-corrected chi connectivity index (χ1v) is 43.7. The van der Waals surface area contributed by atoms with Crippen LogP contribution in [0.2, 0.25) is 0 Å². The third-order valence-corrected chi connectivity index (χ3v) is 21.4. The lowest BCUT2D eigenvalue weighted by Gasteiger charge is -2.28. The molecule has 13 aromatic rings. The molecule has 0 amide bonds. The molecule has 10 aromatic heterocycles. The van der Waals surface area contributed by atoms with Crippen LogP contribution in [-0.2, 0) is 71.5 Å². The fourth-order valence-electron chi connectivity index (χ4n) is 14.4. The summed E-state index contributed by atoms with van der Waals surface area (Å²) in [5.41, 5.74) is 4.47. The predicted octanol–water partition coefficient (Wildman–Crippen LogP) is 6.93. The van der Waals surface area contributed by atoms with Crippen molar-refractivity contribution in [2.45, 2.75) is 105 Å². The molecule has 0 atom stereocenters. The molecule has 40 nitrogen and oxygen atoms in total. The van der Waals surface area contributed by atoms with Crippen molar-refractivity contribution in [3.63, 3.8) is 0 Å². The second-order valence-electron chi connectivity index (χ2n) is 31.0. The number of rotatable bonds is 16. The maximum Gasteiger partial charge on any atom is 0.490 e. The van der Waals surface area contributed by atoms with Gasteiger partial charge in [0.25, 0.3) is 22.2 Å². The largest absolute Gasteiger partial charge is 0.490 e. The molecule has 55 heteroatoms. The Labute approximate surface area is 820 Å². The molecule has 4 aliphatic rings. The summed E-state index contributed by atoms with van der Waals surface area (Å²) in [5, 5.41) is 79.0. The predicted molar refractivity (Wildman–Crippen MR) is 501 cm³/mol. The van der Waals surface area contributed by atoms with Gasteiger partial charge in [0.15, 0.2) is 0 Å². The van der Waals surface area contributed by atoms with Crippen molar-refractivity contribution >= 4 is 103 Å². The number of aromatic nitrogens is 18. The number of halogens is 15. The summed E-state index contributed by atoms with van der Waals surface area (Å²) >= 11 is 0. The second kappa shape index (κ2) is 51.1. The van der Waals surface area contributed by atoms with Crippen LogP contribution in [0.1, 0.15) is 61.2 Å². The van der Waals surface area contributed by atoms with Gasteiger partial charge >= 0.3 is 48.6 Å². The molecule has 4 fully saturated rings. The number of anilines is 4. The van der Waals surface area contributed by atoms with Crippen molar-refractivity contribution in [3.05, 3.63) is 209 Å². The number of carboxylic acids is 4. The molecule has 147 heavy (non-hydrogen) atoms. The Hall–Kier alpha value is -17.3. The minimum Gasteiger partial charge on any atom is -0.475 e. The first-order valence-electron chi connectivity index (χ1n) is 43.7. The van der Waals surface area contributed by atoms with Gasteiger partial charge in [-0.1, -0.05) is 66.1 Å². The summed E-state index contributed by atoms with van der Waals surface area (Å²) < 4.78 is 182. The minimum absolute atomic E-state index is 0.00203. The van der Waals surface area contributed by atoms with Crippen LogP contribution in [0.25, 0.3) is 54.9 Å². The van der Waals surface area contributed by atoms with Crippen LogP contribution in [0.15, 0.2) is 135 Å². The highest BCUT2D eigenvalue weighted by Crippen LogP contribution is 2.28. The molecule has 8 N–H and O–H groups in total. The van der Waals surface area contributed by atoms with Crippen molar-refractivity contribution < 1.29 is 105 Å². The first kappa shape index (κ1) is 112. The molecule has 0 bridgehead atoms. The van der Waals surface area contributed by atoms with Gasteiger partial charge in [0.05, 0.1) is 106 Å². The number of imidazole rings is 4. The number of pyridine rings is 2. The van der Waals surface area contributed by atoms with E-state index in [4.69, 9.17) is 49.9 Å². The Bertz CT molecular complexity index is 7470. The molecular weight excluding hydrogens is 1970 g/mol. The fraction of sp³-hybridized carbons (Fsp3) is 0.348. The molecule has 0 spiro atoms. The molecular formula is C92H87F15N28O12. The van der Waals surface area contributed by atoms with Gasteiger partial charge in [-0.3, -0.25) is 42.4 Å². The smallest absolute Gasteiger partial charge is 0.475 e. The van der Waals surface area contributed by atoms with E-state index in [0.717, 1.165) is 133 Å². The number of aliphatic carboxylic acids is 4. The molecule has 0 saturated carbocycles. The number of carboxylic acid groups (broad SMARTS) is 4. The number of alkyl halides is 12. The van der Waals surface area contributed by atoms with E-state index in [1.54, 1.807) is 63.0 Å². The fourth-order valence-corrected chi connectivity index (χ4v) is 14.4. The standard InChI is InChI=1S/C23H23N7O.2C21H20FN7O.C19H20FN7O.4C2HF3O2/c1-2-3-12-29-21-19(27-23(29)28-13-10-24-11-14-28)15-26-30(22(21)31)16-20-18-7-5-4-6-17(18)8-9-25-20;1-2-3-8-28-19-18(26-21(28)27-9-6-24-7-10-27)13-25-29(20(19)30)14-16-5-4-15(12-23)11-17(16)22;1-2-3-9-28-19-18(26-21(28)27-10-7-24-8-11-27)13-25-29(20(19)30)14-16-15(12-23)5-4-6-17(16)22;1-2-3-9-26-16-15(24-19(26)25-10-7-21-8-11-25)12-23-27(18(16)28)13-14-5-4-6-22-17(14)20;4*3-2(4,5)1(6)7/h4-9,15,24H,10-14,16H2,1H3;4-5,11,13,24H,6-10,14H2,1H3;4-6,13,24H,7-11,14H2,1H3;4-6,12,21H,7-11,13H2,1H3;4*(H,6,7). The zero-order valence-electron chi connectivity index (χ0n) is 77.9. The van der Waals surface area contributed by atoms with Crippen LogP contribution in [0.5, 0.6) is 0 Å². The Morgan fingerprint density at radius 2 is 0.714 bits per heavy atom. The van der Waals surface area contributed by atoms with Crippen molar-refractivity contribution in [1.82, 2.24) is 109 Å². The van der Waals surface area contributed by atoms with Crippen LogP contribution in [0, 0.1) is 87.6 Å². The number of nitrogens with zero attached hydrogens (tertiary/aromatic N) is 24. The van der Waals surface area contributed by atoms with Gasteiger partial charge in [0, 0.05) is 139 Å². The summed E-state index contributed by atoms with van der Waals surface area (Å²) in [4.78, 5) is 124. The number of benzene rings is 3. The van der Waals surface area contributed by atoms with Gasteiger partial charge in [-0.25, -0.2) is 71.6 Å². The maximum absolute atomic E-state index is 14.3. The van der Waals surface area contributed by atoms with Crippen LogP contribution < -0.4 is 63.1 Å². The molecule has 772 valence electrons. The van der Waals surface area contributed by atoms with E-state index < -0.39 is 71.7 Å². The lowest BCUT2D eigenvalue weighted by molar-refractivity contribution is -0.193. The van der Waals surface area contributed by atoms with E-state index in [9.17, 15) is 90.3 Å². The van der Waals surface area contributed by atoms with Gasteiger partial charge in [0.2, 0.25) is 29.7 Å². The third-order valence-electron chi connectivity index (χ3n) is 21.4. The highest BCUT2D eigenvalue weighted by atomic mass is 19.4. The molecule has 14 heterocycles. The number of carbonyl (C=O) groups is 4. The zero-order chi connectivity index (χ0) is 107.